The number of rotatable bonds is 4. The summed E-state index contributed by atoms with van der Waals surface area (Å²) in [4.78, 5) is 0. The van der Waals surface area contributed by atoms with Crippen molar-refractivity contribution in [3.8, 4) is 5.75 Å². The molecule has 0 unspecified atom stereocenters. The molecule has 0 bridgehead atoms. The van der Waals surface area contributed by atoms with Gasteiger partial charge in [0.2, 0.25) is 0 Å². The summed E-state index contributed by atoms with van der Waals surface area (Å²) >= 11 is 0. The van der Waals surface area contributed by atoms with Crippen molar-refractivity contribution < 1.29 is 13.5 Å². The first-order valence-electron chi connectivity index (χ1n) is 5.37. The Labute approximate surface area is 98.0 Å². The van der Waals surface area contributed by atoms with Gasteiger partial charge in [-0.1, -0.05) is 24.3 Å². The van der Waals surface area contributed by atoms with Crippen LogP contribution in [0.25, 0.3) is 10.8 Å². The van der Waals surface area contributed by atoms with Gasteiger partial charge in [-0.3, -0.25) is 0 Å². The average molecular weight is 237 g/mol. The highest BCUT2D eigenvalue weighted by atomic mass is 19.3. The molecule has 0 saturated carbocycles. The lowest BCUT2D eigenvalue weighted by Gasteiger charge is -2.11. The molecule has 0 aliphatic rings. The topological polar surface area (TPSA) is 35.2 Å². The van der Waals surface area contributed by atoms with Gasteiger partial charge in [-0.15, -0.1) is 0 Å². The number of ether oxygens (including phenoxy) is 1. The molecule has 2 nitrogen and oxygen atoms in total. The van der Waals surface area contributed by atoms with Crippen LogP contribution in [0.5, 0.6) is 5.75 Å². The van der Waals surface area contributed by atoms with Crippen LogP contribution in [0.2, 0.25) is 0 Å². The quantitative estimate of drug-likeness (QED) is 0.887. The van der Waals surface area contributed by atoms with Gasteiger partial charge in [0.25, 0.3) is 0 Å². The van der Waals surface area contributed by atoms with E-state index in [1.807, 2.05) is 30.3 Å². The van der Waals surface area contributed by atoms with Crippen LogP contribution in [0.15, 0.2) is 36.4 Å². The summed E-state index contributed by atoms with van der Waals surface area (Å²) in [5.41, 5.74) is 6.18. The normalized spacial score (nSPS) is 11.1. The fourth-order valence-electron chi connectivity index (χ4n) is 1.82. The third-order valence-corrected chi connectivity index (χ3v) is 2.56. The van der Waals surface area contributed by atoms with Gasteiger partial charge in [-0.2, -0.15) is 8.78 Å². The predicted octanol–water partition coefficient (Wildman–Crippen LogP) is 2.94. The monoisotopic (exact) mass is 237 g/mol. The first-order chi connectivity index (χ1) is 8.20. The van der Waals surface area contributed by atoms with Crippen LogP contribution in [0.1, 0.15) is 5.56 Å². The Kier molecular flexibility index (Phi) is 3.54. The summed E-state index contributed by atoms with van der Waals surface area (Å²) in [6.07, 6.45) is 0.521. The average Bonchev–Trinajstić information content (AvgIpc) is 2.29. The first kappa shape index (κ1) is 11.8. The second-order valence-corrected chi connectivity index (χ2v) is 3.72. The second-order valence-electron chi connectivity index (χ2n) is 3.72. The fraction of sp³-hybridized carbons (Fsp3) is 0.231. The third kappa shape index (κ3) is 2.71. The number of fused-ring (bicyclic) bond motifs is 1. The molecular formula is C13H13F2NO. The summed E-state index contributed by atoms with van der Waals surface area (Å²) < 4.78 is 29.1. The maximum atomic E-state index is 12.3. The van der Waals surface area contributed by atoms with Gasteiger partial charge < -0.3 is 10.5 Å². The van der Waals surface area contributed by atoms with E-state index in [1.54, 1.807) is 6.07 Å². The van der Waals surface area contributed by atoms with Crippen molar-refractivity contribution in [3.63, 3.8) is 0 Å². The molecule has 2 rings (SSSR count). The smallest absolute Gasteiger partial charge is 0.387 e. The molecule has 0 radical (unpaired) electrons. The van der Waals surface area contributed by atoms with E-state index >= 15 is 0 Å². The van der Waals surface area contributed by atoms with Crippen molar-refractivity contribution in [3.05, 3.63) is 42.0 Å². The van der Waals surface area contributed by atoms with E-state index in [2.05, 4.69) is 4.74 Å². The van der Waals surface area contributed by atoms with Crippen LogP contribution >= 0.6 is 0 Å². The molecule has 90 valence electrons. The maximum Gasteiger partial charge on any atom is 0.387 e. The largest absolute Gasteiger partial charge is 0.435 e. The van der Waals surface area contributed by atoms with Crippen LogP contribution in [0.4, 0.5) is 8.78 Å². The summed E-state index contributed by atoms with van der Waals surface area (Å²) in [6, 6.07) is 11.0. The SMILES string of the molecule is NCCc1cc2ccccc2cc1OC(F)F. The zero-order valence-corrected chi connectivity index (χ0v) is 9.20. The first-order valence-corrected chi connectivity index (χ1v) is 5.37. The van der Waals surface area contributed by atoms with Gasteiger partial charge in [-0.25, -0.2) is 0 Å². The van der Waals surface area contributed by atoms with E-state index in [0.717, 1.165) is 10.8 Å². The maximum absolute atomic E-state index is 12.3. The van der Waals surface area contributed by atoms with Crippen LogP contribution < -0.4 is 10.5 Å². The van der Waals surface area contributed by atoms with Gasteiger partial charge in [0.15, 0.2) is 0 Å². The van der Waals surface area contributed by atoms with Crippen LogP contribution in [-0.4, -0.2) is 13.2 Å². The highest BCUT2D eigenvalue weighted by Gasteiger charge is 2.10. The second kappa shape index (κ2) is 5.10. The molecule has 0 heterocycles. The lowest BCUT2D eigenvalue weighted by Crippen LogP contribution is -2.08. The zero-order chi connectivity index (χ0) is 12.3. The van der Waals surface area contributed by atoms with Gasteiger partial charge >= 0.3 is 6.61 Å². The fourth-order valence-corrected chi connectivity index (χ4v) is 1.82. The van der Waals surface area contributed by atoms with Crippen molar-refractivity contribution in [1.29, 1.82) is 0 Å². The number of nitrogens with two attached hydrogens (primary N) is 1. The molecule has 0 spiro atoms. The molecule has 0 aromatic heterocycles. The molecule has 0 atom stereocenters. The third-order valence-electron chi connectivity index (χ3n) is 2.56. The molecule has 2 N–H and O–H groups in total. The Morgan fingerprint density at radius 2 is 1.76 bits per heavy atom. The van der Waals surface area contributed by atoms with Crippen molar-refractivity contribution in [2.75, 3.05) is 6.54 Å². The lowest BCUT2D eigenvalue weighted by atomic mass is 10.0. The number of halogens is 2. The Bertz CT molecular complexity index is 514. The Hall–Kier alpha value is -1.68. The van der Waals surface area contributed by atoms with Gasteiger partial charge in [0.1, 0.15) is 5.75 Å². The van der Waals surface area contributed by atoms with Crippen molar-refractivity contribution in [2.45, 2.75) is 13.0 Å². The molecule has 0 amide bonds. The molecule has 0 aliphatic heterocycles. The van der Waals surface area contributed by atoms with Crippen molar-refractivity contribution >= 4 is 10.8 Å². The predicted molar refractivity (Wildman–Crippen MR) is 63.3 cm³/mol. The summed E-state index contributed by atoms with van der Waals surface area (Å²) in [7, 11) is 0. The Balaban J connectivity index is 2.49. The molecule has 0 fully saturated rings. The minimum Gasteiger partial charge on any atom is -0.435 e. The van der Waals surface area contributed by atoms with E-state index in [0.29, 0.717) is 18.5 Å². The van der Waals surface area contributed by atoms with Crippen LogP contribution in [0, 0.1) is 0 Å². The molecule has 0 aliphatic carbocycles. The zero-order valence-electron chi connectivity index (χ0n) is 9.20. The summed E-state index contributed by atoms with van der Waals surface area (Å²) in [6.45, 7) is -2.41. The molecule has 17 heavy (non-hydrogen) atoms. The summed E-state index contributed by atoms with van der Waals surface area (Å²) in [5, 5.41) is 1.88. The molecular weight excluding hydrogens is 224 g/mol. The summed E-state index contributed by atoms with van der Waals surface area (Å²) in [5.74, 6) is 0.212. The number of hydrogen-bond acceptors (Lipinski definition) is 2. The van der Waals surface area contributed by atoms with Crippen LogP contribution in [0.3, 0.4) is 0 Å². The van der Waals surface area contributed by atoms with Crippen molar-refractivity contribution in [1.82, 2.24) is 0 Å². The number of alkyl halides is 2. The van der Waals surface area contributed by atoms with Crippen molar-refractivity contribution in [2.24, 2.45) is 5.73 Å². The van der Waals surface area contributed by atoms with Crippen LogP contribution in [-0.2, 0) is 6.42 Å². The Morgan fingerprint density at radius 1 is 1.12 bits per heavy atom. The number of benzene rings is 2. The highest BCUT2D eigenvalue weighted by Crippen LogP contribution is 2.27. The van der Waals surface area contributed by atoms with E-state index in [4.69, 9.17) is 5.73 Å². The number of hydrogen-bond donors (Lipinski definition) is 1. The van der Waals surface area contributed by atoms with E-state index < -0.39 is 6.61 Å². The van der Waals surface area contributed by atoms with Gasteiger partial charge in [0, 0.05) is 0 Å². The highest BCUT2D eigenvalue weighted by molar-refractivity contribution is 5.85. The molecule has 0 saturated heterocycles. The standard InChI is InChI=1S/C13H13F2NO/c14-13(15)17-12-8-10-4-2-1-3-9(10)7-11(12)5-6-16/h1-4,7-8,13H,5-6,16H2. The van der Waals surface area contributed by atoms with E-state index in [9.17, 15) is 8.78 Å². The van der Waals surface area contributed by atoms with Gasteiger partial charge in [0.05, 0.1) is 0 Å². The van der Waals surface area contributed by atoms with E-state index in [-0.39, 0.29) is 5.75 Å². The molecule has 4 heteroatoms. The van der Waals surface area contributed by atoms with E-state index in [1.165, 1.54) is 0 Å². The Morgan fingerprint density at radius 3 is 2.35 bits per heavy atom. The van der Waals surface area contributed by atoms with Gasteiger partial charge in [-0.05, 0) is 41.4 Å². The molecule has 2 aromatic carbocycles. The minimum atomic E-state index is -2.81. The lowest BCUT2D eigenvalue weighted by molar-refractivity contribution is -0.0503. The molecule has 2 aromatic rings. The minimum absolute atomic E-state index is 0.212.